The molecular formula is C11H16N4S. The van der Waals surface area contributed by atoms with Crippen LogP contribution in [0.2, 0.25) is 0 Å². The van der Waals surface area contributed by atoms with Crippen molar-refractivity contribution in [3.8, 4) is 6.19 Å². The van der Waals surface area contributed by atoms with Crippen molar-refractivity contribution in [3.05, 3.63) is 18.3 Å². The highest BCUT2D eigenvalue weighted by molar-refractivity contribution is 7.98. The van der Waals surface area contributed by atoms with Gasteiger partial charge in [0.25, 0.3) is 0 Å². The van der Waals surface area contributed by atoms with Crippen molar-refractivity contribution in [2.75, 3.05) is 25.1 Å². The molecule has 0 radical (unpaired) electrons. The van der Waals surface area contributed by atoms with Gasteiger partial charge in [-0.15, -0.1) is 11.8 Å². The SMILES string of the molecule is CSc1ccnc(N)c1.N#CN1CCCC1. The van der Waals surface area contributed by atoms with Crippen molar-refractivity contribution in [2.24, 2.45) is 0 Å². The van der Waals surface area contributed by atoms with Gasteiger partial charge in [0.1, 0.15) is 5.82 Å². The molecule has 0 aromatic carbocycles. The third kappa shape index (κ3) is 4.41. The molecule has 0 saturated carbocycles. The molecule has 0 spiro atoms. The number of rotatable bonds is 1. The molecule has 0 unspecified atom stereocenters. The van der Waals surface area contributed by atoms with Gasteiger partial charge < -0.3 is 10.6 Å². The van der Waals surface area contributed by atoms with Crippen molar-refractivity contribution in [1.82, 2.24) is 9.88 Å². The Labute approximate surface area is 100 Å². The van der Waals surface area contributed by atoms with E-state index in [0.29, 0.717) is 5.82 Å². The van der Waals surface area contributed by atoms with Crippen LogP contribution < -0.4 is 5.73 Å². The monoisotopic (exact) mass is 236 g/mol. The molecule has 2 rings (SSSR count). The molecule has 1 aliphatic rings. The van der Waals surface area contributed by atoms with Gasteiger partial charge in [-0.2, -0.15) is 5.26 Å². The quantitative estimate of drug-likeness (QED) is 0.596. The summed E-state index contributed by atoms with van der Waals surface area (Å²) in [6.45, 7) is 1.97. The van der Waals surface area contributed by atoms with Crippen LogP contribution in [0, 0.1) is 11.5 Å². The fourth-order valence-corrected chi connectivity index (χ4v) is 1.81. The summed E-state index contributed by atoms with van der Waals surface area (Å²) in [4.78, 5) is 6.80. The minimum atomic E-state index is 0.585. The zero-order chi connectivity index (χ0) is 11.8. The van der Waals surface area contributed by atoms with Gasteiger partial charge in [-0.05, 0) is 31.2 Å². The van der Waals surface area contributed by atoms with Crippen LogP contribution in [0.25, 0.3) is 0 Å². The molecule has 5 heteroatoms. The minimum absolute atomic E-state index is 0.585. The summed E-state index contributed by atoms with van der Waals surface area (Å²) < 4.78 is 0. The highest BCUT2D eigenvalue weighted by Crippen LogP contribution is 2.14. The summed E-state index contributed by atoms with van der Waals surface area (Å²) >= 11 is 1.66. The molecule has 2 heterocycles. The van der Waals surface area contributed by atoms with Crippen molar-refractivity contribution in [3.63, 3.8) is 0 Å². The Bertz CT molecular complexity index is 355. The van der Waals surface area contributed by atoms with Gasteiger partial charge in [-0.1, -0.05) is 0 Å². The van der Waals surface area contributed by atoms with Gasteiger partial charge in [-0.3, -0.25) is 0 Å². The van der Waals surface area contributed by atoms with E-state index in [-0.39, 0.29) is 0 Å². The maximum Gasteiger partial charge on any atom is 0.179 e. The molecular weight excluding hydrogens is 220 g/mol. The van der Waals surface area contributed by atoms with Gasteiger partial charge in [0, 0.05) is 24.2 Å². The number of anilines is 1. The van der Waals surface area contributed by atoms with Crippen LogP contribution in [-0.2, 0) is 0 Å². The smallest absolute Gasteiger partial charge is 0.179 e. The second kappa shape index (κ2) is 6.96. The zero-order valence-electron chi connectivity index (χ0n) is 9.39. The summed E-state index contributed by atoms with van der Waals surface area (Å²) in [6.07, 6.45) is 8.22. The first kappa shape index (κ1) is 12.7. The summed E-state index contributed by atoms with van der Waals surface area (Å²) in [7, 11) is 0. The summed E-state index contributed by atoms with van der Waals surface area (Å²) in [6, 6.07) is 3.78. The Hall–Kier alpha value is -1.41. The highest BCUT2D eigenvalue weighted by atomic mass is 32.2. The summed E-state index contributed by atoms with van der Waals surface area (Å²) in [5, 5.41) is 8.24. The Balaban J connectivity index is 0.000000165. The van der Waals surface area contributed by atoms with E-state index in [4.69, 9.17) is 11.0 Å². The number of nitrogen functional groups attached to an aromatic ring is 1. The largest absolute Gasteiger partial charge is 0.384 e. The summed E-state index contributed by atoms with van der Waals surface area (Å²) in [5.74, 6) is 0.585. The molecule has 0 aliphatic carbocycles. The fourth-order valence-electron chi connectivity index (χ4n) is 1.37. The van der Waals surface area contributed by atoms with Crippen molar-refractivity contribution >= 4 is 17.6 Å². The molecule has 1 fully saturated rings. The number of pyridine rings is 1. The van der Waals surface area contributed by atoms with Crippen LogP contribution in [0.5, 0.6) is 0 Å². The molecule has 2 N–H and O–H groups in total. The lowest BCUT2D eigenvalue weighted by atomic mass is 10.4. The van der Waals surface area contributed by atoms with Crippen LogP contribution >= 0.6 is 11.8 Å². The Morgan fingerprint density at radius 3 is 2.56 bits per heavy atom. The van der Waals surface area contributed by atoms with Crippen LogP contribution in [0.15, 0.2) is 23.2 Å². The number of hydrogen-bond acceptors (Lipinski definition) is 5. The third-order valence-corrected chi connectivity index (χ3v) is 2.96. The van der Waals surface area contributed by atoms with Gasteiger partial charge in [0.15, 0.2) is 6.19 Å². The van der Waals surface area contributed by atoms with E-state index in [0.717, 1.165) is 18.0 Å². The number of nitrogens with zero attached hydrogens (tertiary/aromatic N) is 3. The van der Waals surface area contributed by atoms with Gasteiger partial charge in [0.05, 0.1) is 0 Å². The molecule has 86 valence electrons. The predicted octanol–water partition coefficient (Wildman–Crippen LogP) is 1.95. The predicted molar refractivity (Wildman–Crippen MR) is 66.9 cm³/mol. The Morgan fingerprint density at radius 2 is 2.19 bits per heavy atom. The van der Waals surface area contributed by atoms with Crippen LogP contribution in [0.4, 0.5) is 5.82 Å². The zero-order valence-corrected chi connectivity index (χ0v) is 10.2. The normalized spacial score (nSPS) is 13.9. The van der Waals surface area contributed by atoms with E-state index < -0.39 is 0 Å². The number of aromatic nitrogens is 1. The maximum atomic E-state index is 8.24. The van der Waals surface area contributed by atoms with E-state index in [2.05, 4.69) is 11.2 Å². The number of nitrogens with two attached hydrogens (primary N) is 1. The lowest BCUT2D eigenvalue weighted by Crippen LogP contribution is -2.10. The molecule has 1 saturated heterocycles. The van der Waals surface area contributed by atoms with Gasteiger partial charge in [0.2, 0.25) is 0 Å². The fraction of sp³-hybridized carbons (Fsp3) is 0.455. The van der Waals surface area contributed by atoms with E-state index in [9.17, 15) is 0 Å². The number of likely N-dealkylation sites (tertiary alicyclic amines) is 1. The maximum absolute atomic E-state index is 8.24. The first-order valence-electron chi connectivity index (χ1n) is 5.16. The Morgan fingerprint density at radius 1 is 1.50 bits per heavy atom. The van der Waals surface area contributed by atoms with Crippen LogP contribution in [-0.4, -0.2) is 29.2 Å². The van der Waals surface area contributed by atoms with Crippen molar-refractivity contribution < 1.29 is 0 Å². The van der Waals surface area contributed by atoms with E-state index in [1.165, 1.54) is 12.8 Å². The second-order valence-corrected chi connectivity index (χ2v) is 4.29. The standard InChI is InChI=1S/C6H8N2S.C5H8N2/c1-9-5-2-3-8-6(7)4-5;6-5-7-3-1-2-4-7/h2-4H,1H3,(H2,7,8);1-4H2. The second-order valence-electron chi connectivity index (χ2n) is 3.41. The molecule has 0 atom stereocenters. The molecule has 0 bridgehead atoms. The molecule has 0 amide bonds. The van der Waals surface area contributed by atoms with Crippen molar-refractivity contribution in [1.29, 1.82) is 5.26 Å². The number of thioether (sulfide) groups is 1. The number of hydrogen-bond donors (Lipinski definition) is 1. The first-order chi connectivity index (χ1) is 7.76. The van der Waals surface area contributed by atoms with Gasteiger partial charge >= 0.3 is 0 Å². The van der Waals surface area contributed by atoms with Crippen molar-refractivity contribution in [2.45, 2.75) is 17.7 Å². The molecule has 1 aromatic heterocycles. The van der Waals surface area contributed by atoms with Crippen LogP contribution in [0.1, 0.15) is 12.8 Å². The number of nitriles is 1. The summed E-state index contributed by atoms with van der Waals surface area (Å²) in [5.41, 5.74) is 5.41. The van der Waals surface area contributed by atoms with Crippen LogP contribution in [0.3, 0.4) is 0 Å². The van der Waals surface area contributed by atoms with E-state index in [1.54, 1.807) is 22.9 Å². The highest BCUT2D eigenvalue weighted by Gasteiger charge is 2.06. The lowest BCUT2D eigenvalue weighted by molar-refractivity contribution is 0.487. The molecule has 1 aromatic rings. The molecule has 4 nitrogen and oxygen atoms in total. The third-order valence-electron chi connectivity index (χ3n) is 2.24. The average Bonchev–Trinajstić information content (AvgIpc) is 2.82. The minimum Gasteiger partial charge on any atom is -0.384 e. The average molecular weight is 236 g/mol. The first-order valence-corrected chi connectivity index (χ1v) is 6.39. The van der Waals surface area contributed by atoms with Gasteiger partial charge in [-0.25, -0.2) is 4.98 Å². The van der Waals surface area contributed by atoms with E-state index in [1.807, 2.05) is 18.4 Å². The molecule has 1 aliphatic heterocycles. The topological polar surface area (TPSA) is 65.9 Å². The van der Waals surface area contributed by atoms with E-state index >= 15 is 0 Å². The lowest BCUT2D eigenvalue weighted by Gasteiger charge is -2.00. The molecule has 16 heavy (non-hydrogen) atoms. The Kier molecular flexibility index (Phi) is 5.51.